The zero-order chi connectivity index (χ0) is 23.7. The fraction of sp³-hybridized carbons (Fsp3) is 0.125. The van der Waals surface area contributed by atoms with Crippen LogP contribution in [0, 0.1) is 12.7 Å². The van der Waals surface area contributed by atoms with Gasteiger partial charge in [-0.3, -0.25) is 10.1 Å². The number of carbonyl (C=O) groups excluding carboxylic acids is 1. The third-order valence-corrected chi connectivity index (χ3v) is 5.70. The van der Waals surface area contributed by atoms with Gasteiger partial charge in [0.25, 0.3) is 0 Å². The number of pyridine rings is 1. The highest BCUT2D eigenvalue weighted by Crippen LogP contribution is 2.30. The molecule has 0 aliphatic heterocycles. The summed E-state index contributed by atoms with van der Waals surface area (Å²) in [5.74, 6) is -0.458. The molecule has 10 heteroatoms. The quantitative estimate of drug-likeness (QED) is 0.391. The summed E-state index contributed by atoms with van der Waals surface area (Å²) in [4.78, 5) is 21.3. The van der Waals surface area contributed by atoms with E-state index in [1.54, 1.807) is 23.0 Å². The minimum absolute atomic E-state index is 0.0662. The molecule has 8 nitrogen and oxygen atoms in total. The van der Waals surface area contributed by atoms with Gasteiger partial charge in [0.2, 0.25) is 11.9 Å². The monoisotopic (exact) mass is 475 g/mol. The largest absolute Gasteiger partial charge is 0.292 e. The van der Waals surface area contributed by atoms with Gasteiger partial charge in [0.15, 0.2) is 5.65 Å². The maximum absolute atomic E-state index is 13.4. The second-order valence-corrected chi connectivity index (χ2v) is 8.12. The average Bonchev–Trinajstić information content (AvgIpc) is 3.39. The Kier molecular flexibility index (Phi) is 5.77. The van der Waals surface area contributed by atoms with Crippen LogP contribution in [0.3, 0.4) is 0 Å². The molecule has 0 atom stereocenters. The summed E-state index contributed by atoms with van der Waals surface area (Å²) in [7, 11) is 0. The first kappa shape index (κ1) is 21.7. The van der Waals surface area contributed by atoms with Crippen LogP contribution < -0.4 is 5.32 Å². The van der Waals surface area contributed by atoms with Crippen LogP contribution in [0.1, 0.15) is 11.3 Å². The van der Waals surface area contributed by atoms with E-state index in [4.69, 9.17) is 11.6 Å². The lowest BCUT2D eigenvalue weighted by Crippen LogP contribution is -2.20. The van der Waals surface area contributed by atoms with E-state index in [9.17, 15) is 9.18 Å². The first-order chi connectivity index (χ1) is 16.5. The van der Waals surface area contributed by atoms with Crippen molar-refractivity contribution in [3.8, 4) is 11.1 Å². The number of aryl methyl sites for hydroxylation is 1. The van der Waals surface area contributed by atoms with Crippen molar-refractivity contribution in [2.24, 2.45) is 0 Å². The molecule has 5 rings (SSSR count). The SMILES string of the molecule is Cc1nn(CC(=O)Nc2ncn(Cc3ccccc3Cl)n2)c2nccc(-c3ccc(F)cc3)c12. The van der Waals surface area contributed by atoms with Crippen molar-refractivity contribution in [3.63, 3.8) is 0 Å². The molecule has 170 valence electrons. The summed E-state index contributed by atoms with van der Waals surface area (Å²) >= 11 is 6.20. The highest BCUT2D eigenvalue weighted by atomic mass is 35.5. The van der Waals surface area contributed by atoms with Gasteiger partial charge in [0.05, 0.1) is 12.2 Å². The van der Waals surface area contributed by atoms with Crippen LogP contribution in [0.2, 0.25) is 5.02 Å². The van der Waals surface area contributed by atoms with Gasteiger partial charge >= 0.3 is 0 Å². The van der Waals surface area contributed by atoms with Gasteiger partial charge in [-0.15, -0.1) is 5.10 Å². The van der Waals surface area contributed by atoms with Crippen molar-refractivity contribution in [2.45, 2.75) is 20.0 Å². The van der Waals surface area contributed by atoms with Crippen molar-refractivity contribution in [2.75, 3.05) is 5.32 Å². The molecule has 3 heterocycles. The predicted molar refractivity (Wildman–Crippen MR) is 127 cm³/mol. The van der Waals surface area contributed by atoms with Crippen molar-refractivity contribution >= 4 is 34.5 Å². The Morgan fingerprint density at radius 3 is 2.65 bits per heavy atom. The second-order valence-electron chi connectivity index (χ2n) is 7.71. The number of amides is 1. The molecule has 34 heavy (non-hydrogen) atoms. The van der Waals surface area contributed by atoms with Crippen LogP contribution >= 0.6 is 11.6 Å². The maximum Gasteiger partial charge on any atom is 0.248 e. The number of nitrogens with zero attached hydrogens (tertiary/aromatic N) is 6. The number of hydrogen-bond acceptors (Lipinski definition) is 5. The zero-order valence-corrected chi connectivity index (χ0v) is 18.9. The van der Waals surface area contributed by atoms with Crippen LogP contribution in [0.4, 0.5) is 10.3 Å². The van der Waals surface area contributed by atoms with Crippen molar-refractivity contribution in [3.05, 3.63) is 89.2 Å². The Morgan fingerprint density at radius 2 is 1.85 bits per heavy atom. The topological polar surface area (TPSA) is 90.5 Å². The highest BCUT2D eigenvalue weighted by molar-refractivity contribution is 6.31. The number of fused-ring (bicyclic) bond motifs is 1. The van der Waals surface area contributed by atoms with Crippen LogP contribution in [0.15, 0.2) is 67.1 Å². The van der Waals surface area contributed by atoms with Crippen LogP contribution in [-0.4, -0.2) is 35.4 Å². The maximum atomic E-state index is 13.4. The number of hydrogen-bond donors (Lipinski definition) is 1. The molecule has 1 amide bonds. The average molecular weight is 476 g/mol. The third kappa shape index (κ3) is 4.38. The summed E-state index contributed by atoms with van der Waals surface area (Å²) in [5.41, 5.74) is 3.89. The van der Waals surface area contributed by atoms with Crippen molar-refractivity contribution in [1.82, 2.24) is 29.5 Å². The number of halogens is 2. The Labute approximate surface area is 199 Å². The van der Waals surface area contributed by atoms with Crippen molar-refractivity contribution < 1.29 is 9.18 Å². The van der Waals surface area contributed by atoms with E-state index >= 15 is 0 Å². The molecular formula is C24H19ClFN7O. The lowest BCUT2D eigenvalue weighted by molar-refractivity contribution is -0.116. The summed E-state index contributed by atoms with van der Waals surface area (Å²) in [6.45, 7) is 2.22. The number of aromatic nitrogens is 6. The number of anilines is 1. The predicted octanol–water partition coefficient (Wildman–Crippen LogP) is 4.48. The van der Waals surface area contributed by atoms with Gasteiger partial charge in [-0.2, -0.15) is 5.10 Å². The van der Waals surface area contributed by atoms with Gasteiger partial charge in [-0.25, -0.2) is 23.7 Å². The Bertz CT molecular complexity index is 1490. The molecule has 2 aromatic carbocycles. The number of carbonyl (C=O) groups is 1. The summed E-state index contributed by atoms with van der Waals surface area (Å²) in [6.07, 6.45) is 3.18. The second kappa shape index (κ2) is 9.03. The first-order valence-electron chi connectivity index (χ1n) is 10.5. The molecular weight excluding hydrogens is 457 g/mol. The summed E-state index contributed by atoms with van der Waals surface area (Å²) in [5, 5.41) is 12.9. The molecule has 0 unspecified atom stereocenters. The molecule has 0 saturated heterocycles. The van der Waals surface area contributed by atoms with Gasteiger partial charge < -0.3 is 0 Å². The number of rotatable bonds is 6. The zero-order valence-electron chi connectivity index (χ0n) is 18.1. The molecule has 1 N–H and O–H groups in total. The Morgan fingerprint density at radius 1 is 1.06 bits per heavy atom. The van der Waals surface area contributed by atoms with E-state index in [0.29, 0.717) is 17.2 Å². The van der Waals surface area contributed by atoms with Crippen LogP contribution in [0.25, 0.3) is 22.2 Å². The molecule has 0 aliphatic carbocycles. The normalized spacial score (nSPS) is 11.1. The minimum atomic E-state index is -0.339. The molecule has 0 aliphatic rings. The smallest absolute Gasteiger partial charge is 0.248 e. The Balaban J connectivity index is 1.34. The summed E-state index contributed by atoms with van der Waals surface area (Å²) in [6, 6.07) is 15.5. The molecule has 5 aromatic rings. The highest BCUT2D eigenvalue weighted by Gasteiger charge is 2.17. The van der Waals surface area contributed by atoms with E-state index in [2.05, 4.69) is 25.5 Å². The van der Waals surface area contributed by atoms with Gasteiger partial charge in [-0.1, -0.05) is 41.9 Å². The van der Waals surface area contributed by atoms with Gasteiger partial charge in [0.1, 0.15) is 18.7 Å². The van der Waals surface area contributed by atoms with Crippen molar-refractivity contribution in [1.29, 1.82) is 0 Å². The minimum Gasteiger partial charge on any atom is -0.292 e. The van der Waals surface area contributed by atoms with Crippen LogP contribution in [-0.2, 0) is 17.9 Å². The van der Waals surface area contributed by atoms with E-state index in [0.717, 1.165) is 27.8 Å². The van der Waals surface area contributed by atoms with E-state index in [-0.39, 0.29) is 24.2 Å². The van der Waals surface area contributed by atoms with E-state index < -0.39 is 0 Å². The fourth-order valence-corrected chi connectivity index (χ4v) is 3.99. The van der Waals surface area contributed by atoms with Gasteiger partial charge in [0, 0.05) is 16.6 Å². The standard InChI is InChI=1S/C24H19ClFN7O/c1-15-22-19(16-6-8-18(26)9-7-16)10-11-27-23(22)33(30-15)13-21(34)29-24-28-14-32(31-24)12-17-4-2-3-5-20(17)25/h2-11,14H,12-13H2,1H3,(H,29,31,34). The van der Waals surface area contributed by atoms with Crippen LogP contribution in [0.5, 0.6) is 0 Å². The molecule has 0 bridgehead atoms. The molecule has 0 spiro atoms. The first-order valence-corrected chi connectivity index (χ1v) is 10.9. The molecule has 0 saturated carbocycles. The molecule has 0 fully saturated rings. The number of nitrogens with one attached hydrogen (secondary N) is 1. The number of benzene rings is 2. The Hall–Kier alpha value is -4.11. The lowest BCUT2D eigenvalue weighted by atomic mass is 10.0. The van der Waals surface area contributed by atoms with E-state index in [1.165, 1.54) is 23.1 Å². The van der Waals surface area contributed by atoms with E-state index in [1.807, 2.05) is 37.3 Å². The summed E-state index contributed by atoms with van der Waals surface area (Å²) < 4.78 is 16.5. The fourth-order valence-electron chi connectivity index (χ4n) is 3.79. The molecule has 0 radical (unpaired) electrons. The third-order valence-electron chi connectivity index (χ3n) is 5.33. The lowest BCUT2D eigenvalue weighted by Gasteiger charge is -2.06. The molecule has 3 aromatic heterocycles. The van der Waals surface area contributed by atoms with Gasteiger partial charge in [-0.05, 0) is 47.9 Å².